The van der Waals surface area contributed by atoms with Crippen LogP contribution in [0.2, 0.25) is 0 Å². The van der Waals surface area contributed by atoms with Crippen LogP contribution in [0, 0.1) is 23.7 Å². The number of hydrogen-bond acceptors (Lipinski definition) is 2. The molecule has 0 bridgehead atoms. The summed E-state index contributed by atoms with van der Waals surface area (Å²) in [5.74, 6) is 10.8. The summed E-state index contributed by atoms with van der Waals surface area (Å²) in [4.78, 5) is 0. The van der Waals surface area contributed by atoms with E-state index in [4.69, 9.17) is 5.11 Å². The Labute approximate surface area is 116 Å². The molecule has 102 valence electrons. The summed E-state index contributed by atoms with van der Waals surface area (Å²) < 4.78 is 0. The highest BCUT2D eigenvalue weighted by atomic mass is 16.3. The molecular weight excluding hydrogens is 236 g/mol. The number of aliphatic hydroxyl groups excluding tert-OH is 2. The third kappa shape index (κ3) is 14.2. The Balaban J connectivity index is 3.75. The van der Waals surface area contributed by atoms with E-state index >= 15 is 0 Å². The fourth-order valence-electron chi connectivity index (χ4n) is 1.31. The first-order valence-corrected chi connectivity index (χ1v) is 6.58. The second kappa shape index (κ2) is 14.3. The van der Waals surface area contributed by atoms with Gasteiger partial charge in [-0.15, -0.1) is 0 Å². The zero-order valence-electron chi connectivity index (χ0n) is 11.5. The second-order valence-electron chi connectivity index (χ2n) is 3.93. The van der Waals surface area contributed by atoms with Crippen molar-refractivity contribution in [2.24, 2.45) is 0 Å². The average Bonchev–Trinajstić information content (AvgIpc) is 2.40. The molecule has 0 rings (SSSR count). The van der Waals surface area contributed by atoms with Crippen molar-refractivity contribution in [3.05, 3.63) is 36.5 Å². The number of allylic oxidation sites excluding steroid dienone is 5. The molecule has 0 aromatic heterocycles. The van der Waals surface area contributed by atoms with Gasteiger partial charge in [0.15, 0.2) is 0 Å². The molecule has 0 saturated heterocycles. The van der Waals surface area contributed by atoms with E-state index in [-0.39, 0.29) is 12.7 Å². The van der Waals surface area contributed by atoms with Crippen LogP contribution in [0.4, 0.5) is 0 Å². The lowest BCUT2D eigenvalue weighted by Gasteiger charge is -2.05. The normalized spacial score (nSPS) is 12.4. The van der Waals surface area contributed by atoms with Crippen LogP contribution < -0.4 is 0 Å². The van der Waals surface area contributed by atoms with E-state index in [0.717, 1.165) is 25.7 Å². The van der Waals surface area contributed by atoms with E-state index < -0.39 is 0 Å². The van der Waals surface area contributed by atoms with Gasteiger partial charge in [0.05, 0.1) is 12.7 Å². The Hall–Kier alpha value is -1.74. The van der Waals surface area contributed by atoms with Crippen molar-refractivity contribution in [1.29, 1.82) is 0 Å². The van der Waals surface area contributed by atoms with Gasteiger partial charge in [0.1, 0.15) is 0 Å². The SMILES string of the molecule is CCCC(O)CC/C=C/C=C\C#CC#C/C=C\CO. The molecule has 2 N–H and O–H groups in total. The van der Waals surface area contributed by atoms with Gasteiger partial charge in [-0.2, -0.15) is 0 Å². The smallest absolute Gasteiger partial charge is 0.0621 e. The van der Waals surface area contributed by atoms with Crippen molar-refractivity contribution in [3.8, 4) is 23.7 Å². The lowest BCUT2D eigenvalue weighted by atomic mass is 10.1. The molecule has 2 heteroatoms. The highest BCUT2D eigenvalue weighted by molar-refractivity contribution is 5.34. The van der Waals surface area contributed by atoms with Gasteiger partial charge in [0.25, 0.3) is 0 Å². The summed E-state index contributed by atoms with van der Waals surface area (Å²) in [6, 6.07) is 0. The Morgan fingerprint density at radius 1 is 1.00 bits per heavy atom. The van der Waals surface area contributed by atoms with Crippen LogP contribution in [-0.2, 0) is 0 Å². The van der Waals surface area contributed by atoms with Crippen LogP contribution in [0.25, 0.3) is 0 Å². The second-order valence-corrected chi connectivity index (χ2v) is 3.93. The molecule has 19 heavy (non-hydrogen) atoms. The van der Waals surface area contributed by atoms with Crippen molar-refractivity contribution in [1.82, 2.24) is 0 Å². The lowest BCUT2D eigenvalue weighted by molar-refractivity contribution is 0.155. The van der Waals surface area contributed by atoms with Crippen molar-refractivity contribution in [2.45, 2.75) is 38.7 Å². The summed E-state index contributed by atoms with van der Waals surface area (Å²) >= 11 is 0. The maximum Gasteiger partial charge on any atom is 0.0621 e. The molecule has 1 unspecified atom stereocenters. The van der Waals surface area contributed by atoms with E-state index in [1.165, 1.54) is 0 Å². The van der Waals surface area contributed by atoms with Crippen LogP contribution in [0.1, 0.15) is 32.6 Å². The van der Waals surface area contributed by atoms with Gasteiger partial charge in [0, 0.05) is 0 Å². The first kappa shape index (κ1) is 17.3. The van der Waals surface area contributed by atoms with E-state index in [2.05, 4.69) is 30.6 Å². The van der Waals surface area contributed by atoms with Crippen LogP contribution in [-0.4, -0.2) is 22.9 Å². The Morgan fingerprint density at radius 2 is 1.74 bits per heavy atom. The molecule has 0 aromatic carbocycles. The first-order valence-electron chi connectivity index (χ1n) is 6.58. The Kier molecular flexibility index (Phi) is 13.0. The molecule has 0 aromatic rings. The van der Waals surface area contributed by atoms with Gasteiger partial charge in [-0.05, 0) is 43.3 Å². The highest BCUT2D eigenvalue weighted by Gasteiger charge is 1.98. The molecule has 0 spiro atoms. The highest BCUT2D eigenvalue weighted by Crippen LogP contribution is 2.04. The zero-order chi connectivity index (χ0) is 14.2. The minimum atomic E-state index is -0.180. The quantitative estimate of drug-likeness (QED) is 0.544. The molecule has 0 fully saturated rings. The Morgan fingerprint density at radius 3 is 2.42 bits per heavy atom. The molecule has 1 atom stereocenters. The van der Waals surface area contributed by atoms with Gasteiger partial charge in [-0.3, -0.25) is 0 Å². The molecule has 0 aliphatic rings. The monoisotopic (exact) mass is 258 g/mol. The Bertz CT molecular complexity index is 408. The fraction of sp³-hybridized carbons (Fsp3) is 0.412. The molecule has 0 aliphatic carbocycles. The van der Waals surface area contributed by atoms with Crippen molar-refractivity contribution >= 4 is 0 Å². The van der Waals surface area contributed by atoms with E-state index in [1.54, 1.807) is 18.2 Å². The maximum atomic E-state index is 9.50. The van der Waals surface area contributed by atoms with Gasteiger partial charge >= 0.3 is 0 Å². The van der Waals surface area contributed by atoms with Crippen LogP contribution in [0.3, 0.4) is 0 Å². The third-order valence-corrected chi connectivity index (χ3v) is 2.23. The predicted molar refractivity (Wildman–Crippen MR) is 80.2 cm³/mol. The number of hydrogen-bond donors (Lipinski definition) is 2. The first-order chi connectivity index (χ1) is 9.31. The van der Waals surface area contributed by atoms with Crippen molar-refractivity contribution in [2.75, 3.05) is 6.61 Å². The average molecular weight is 258 g/mol. The standard InChI is InChI=1S/C17H22O2/c1-2-14-17(19)15-12-10-8-6-4-3-5-7-9-11-13-16-18/h4,6,8,10-11,13,17-19H,2,12,14-16H2,1H3/b6-4-,10-8+,13-11-. The van der Waals surface area contributed by atoms with Crippen LogP contribution in [0.5, 0.6) is 0 Å². The molecule has 0 radical (unpaired) electrons. The summed E-state index contributed by atoms with van der Waals surface area (Å²) in [6.45, 7) is 2.07. The summed E-state index contributed by atoms with van der Waals surface area (Å²) in [5.41, 5.74) is 0. The topological polar surface area (TPSA) is 40.5 Å². The molecule has 2 nitrogen and oxygen atoms in total. The minimum absolute atomic E-state index is 0.000239. The maximum absolute atomic E-state index is 9.50. The molecule has 0 saturated carbocycles. The van der Waals surface area contributed by atoms with Gasteiger partial charge in [0.2, 0.25) is 0 Å². The summed E-state index contributed by atoms with van der Waals surface area (Å²) in [7, 11) is 0. The van der Waals surface area contributed by atoms with E-state index in [0.29, 0.717) is 0 Å². The van der Waals surface area contributed by atoms with Gasteiger partial charge in [-0.25, -0.2) is 0 Å². The number of rotatable bonds is 7. The molecular formula is C17H22O2. The summed E-state index contributed by atoms with van der Waals surface area (Å²) in [6.07, 6.45) is 14.1. The van der Waals surface area contributed by atoms with Crippen molar-refractivity contribution < 1.29 is 10.2 Å². The van der Waals surface area contributed by atoms with E-state index in [1.807, 2.05) is 18.2 Å². The van der Waals surface area contributed by atoms with Crippen LogP contribution >= 0.6 is 0 Å². The predicted octanol–water partition coefficient (Wildman–Crippen LogP) is 2.60. The minimum Gasteiger partial charge on any atom is -0.393 e. The summed E-state index contributed by atoms with van der Waals surface area (Å²) in [5, 5.41) is 17.9. The van der Waals surface area contributed by atoms with E-state index in [9.17, 15) is 5.11 Å². The fourth-order valence-corrected chi connectivity index (χ4v) is 1.31. The van der Waals surface area contributed by atoms with Crippen LogP contribution in [0.15, 0.2) is 36.5 Å². The third-order valence-electron chi connectivity index (χ3n) is 2.23. The van der Waals surface area contributed by atoms with Gasteiger partial charge < -0.3 is 10.2 Å². The molecule has 0 amide bonds. The number of aliphatic hydroxyl groups is 2. The van der Waals surface area contributed by atoms with Crippen molar-refractivity contribution in [3.63, 3.8) is 0 Å². The largest absolute Gasteiger partial charge is 0.393 e. The zero-order valence-corrected chi connectivity index (χ0v) is 11.5. The lowest BCUT2D eigenvalue weighted by Crippen LogP contribution is -2.04. The van der Waals surface area contributed by atoms with Gasteiger partial charge in [-0.1, -0.05) is 49.5 Å². The molecule has 0 aliphatic heterocycles. The molecule has 0 heterocycles.